The molecule has 2 unspecified atom stereocenters. The lowest BCUT2D eigenvalue weighted by Crippen LogP contribution is -2.41. The van der Waals surface area contributed by atoms with Crippen LogP contribution in [-0.4, -0.2) is 44.5 Å². The summed E-state index contributed by atoms with van der Waals surface area (Å²) < 4.78 is 11.4. The highest BCUT2D eigenvalue weighted by atomic mass is 28.3. The highest BCUT2D eigenvalue weighted by Crippen LogP contribution is 2.56. The van der Waals surface area contributed by atoms with Crippen molar-refractivity contribution in [3.8, 4) is 0 Å². The molecule has 3 aliphatic rings. The zero-order chi connectivity index (χ0) is 16.2. The summed E-state index contributed by atoms with van der Waals surface area (Å²) in [6, 6.07) is 5.08. The quantitative estimate of drug-likeness (QED) is 0.472. The van der Waals surface area contributed by atoms with E-state index in [1.54, 1.807) is 11.1 Å². The predicted octanol–water partition coefficient (Wildman–Crippen LogP) is 2.54. The Balaban J connectivity index is 1.51. The molecule has 4 rings (SSSR count). The molecule has 124 valence electrons. The molecule has 0 aromatic carbocycles. The van der Waals surface area contributed by atoms with E-state index in [1.807, 2.05) is 12.1 Å². The summed E-state index contributed by atoms with van der Waals surface area (Å²) in [5.41, 5.74) is 0.647. The van der Waals surface area contributed by atoms with Crippen molar-refractivity contribution < 1.29 is 14.3 Å². The van der Waals surface area contributed by atoms with Gasteiger partial charge in [-0.3, -0.25) is 9.69 Å². The van der Waals surface area contributed by atoms with Crippen molar-refractivity contribution in [2.75, 3.05) is 18.2 Å². The third-order valence-corrected chi connectivity index (χ3v) is 6.92. The zero-order valence-electron chi connectivity index (χ0n) is 14.0. The Hall–Kier alpha value is -1.24. The van der Waals surface area contributed by atoms with Crippen LogP contribution < -0.4 is 4.90 Å². The van der Waals surface area contributed by atoms with Gasteiger partial charge in [-0.1, -0.05) is 25.7 Å². The zero-order valence-corrected chi connectivity index (χ0v) is 15.0. The Labute approximate surface area is 138 Å². The lowest BCUT2D eigenvalue weighted by molar-refractivity contribution is -0.125. The van der Waals surface area contributed by atoms with Gasteiger partial charge < -0.3 is 9.47 Å². The number of amides is 1. The van der Waals surface area contributed by atoms with Gasteiger partial charge in [0.05, 0.1) is 17.6 Å². The summed E-state index contributed by atoms with van der Waals surface area (Å²) in [4.78, 5) is 19.3. The Morgan fingerprint density at radius 3 is 2.83 bits per heavy atom. The summed E-state index contributed by atoms with van der Waals surface area (Å²) in [5.74, 6) is 0.932. The number of aromatic nitrogens is 1. The van der Waals surface area contributed by atoms with Gasteiger partial charge in [0.1, 0.15) is 12.5 Å². The summed E-state index contributed by atoms with van der Waals surface area (Å²) in [5, 5.41) is 0. The second-order valence-electron chi connectivity index (χ2n) is 8.16. The fourth-order valence-corrected chi connectivity index (χ4v) is 4.57. The van der Waals surface area contributed by atoms with E-state index in [4.69, 9.17) is 9.47 Å². The second kappa shape index (κ2) is 5.13. The SMILES string of the molecule is C[Si](C)(C)CCOCN1C(=O)C2(CC3OC3C2)c2cccnc21. The monoisotopic (exact) mass is 332 g/mol. The molecular formula is C17H24N2O3Si. The van der Waals surface area contributed by atoms with Gasteiger partial charge in [0, 0.05) is 26.4 Å². The molecule has 0 bridgehead atoms. The average Bonchev–Trinajstić information content (AvgIpc) is 3.05. The first-order chi connectivity index (χ1) is 10.9. The van der Waals surface area contributed by atoms with Crippen LogP contribution >= 0.6 is 0 Å². The fraction of sp³-hybridized carbons (Fsp3) is 0.647. The molecule has 2 atom stereocenters. The van der Waals surface area contributed by atoms with Crippen molar-refractivity contribution in [1.29, 1.82) is 0 Å². The van der Waals surface area contributed by atoms with Crippen molar-refractivity contribution in [1.82, 2.24) is 4.98 Å². The van der Waals surface area contributed by atoms with E-state index in [0.717, 1.165) is 30.3 Å². The molecule has 6 heteroatoms. The first-order valence-corrected chi connectivity index (χ1v) is 12.1. The molecule has 1 amide bonds. The van der Waals surface area contributed by atoms with E-state index in [2.05, 4.69) is 24.6 Å². The van der Waals surface area contributed by atoms with Crippen LogP contribution in [0.5, 0.6) is 0 Å². The number of ether oxygens (including phenoxy) is 2. The molecule has 1 aliphatic carbocycles. The van der Waals surface area contributed by atoms with Gasteiger partial charge in [-0.2, -0.15) is 0 Å². The Kier molecular flexibility index (Phi) is 3.41. The topological polar surface area (TPSA) is 55.0 Å². The van der Waals surface area contributed by atoms with Crippen LogP contribution in [0.4, 0.5) is 5.82 Å². The van der Waals surface area contributed by atoms with Crippen LogP contribution in [-0.2, 0) is 19.7 Å². The maximum atomic E-state index is 13.1. The molecular weight excluding hydrogens is 308 g/mol. The van der Waals surface area contributed by atoms with Gasteiger partial charge in [-0.25, -0.2) is 4.98 Å². The van der Waals surface area contributed by atoms with Crippen molar-refractivity contribution in [3.63, 3.8) is 0 Å². The molecule has 1 saturated carbocycles. The maximum Gasteiger partial charge on any atom is 0.241 e. The third-order valence-electron chi connectivity index (χ3n) is 5.22. The van der Waals surface area contributed by atoms with Crippen molar-refractivity contribution in [2.24, 2.45) is 0 Å². The number of hydrogen-bond donors (Lipinski definition) is 0. The van der Waals surface area contributed by atoms with E-state index in [1.165, 1.54) is 0 Å². The van der Waals surface area contributed by atoms with Crippen molar-refractivity contribution in [3.05, 3.63) is 23.9 Å². The standard InChI is InChI=1S/C17H24N2O3Si/c1-23(2,3)8-7-21-11-19-15-12(5-4-6-18-15)17(16(19)20)9-13-14(10-17)22-13/h4-6,13-14H,7-11H2,1-3H3. The molecule has 5 nitrogen and oxygen atoms in total. The Morgan fingerprint density at radius 1 is 1.39 bits per heavy atom. The van der Waals surface area contributed by atoms with Gasteiger partial charge in [-0.05, 0) is 25.0 Å². The summed E-state index contributed by atoms with van der Waals surface area (Å²) >= 11 is 0. The molecule has 1 saturated heterocycles. The predicted molar refractivity (Wildman–Crippen MR) is 90.3 cm³/mol. The smallest absolute Gasteiger partial charge is 0.241 e. The minimum atomic E-state index is -1.12. The summed E-state index contributed by atoms with van der Waals surface area (Å²) in [6.07, 6.45) is 3.87. The van der Waals surface area contributed by atoms with Gasteiger partial charge in [0.25, 0.3) is 0 Å². The van der Waals surface area contributed by atoms with E-state index in [9.17, 15) is 4.79 Å². The van der Waals surface area contributed by atoms with Gasteiger partial charge in [0.15, 0.2) is 0 Å². The van der Waals surface area contributed by atoms with Crippen molar-refractivity contribution >= 4 is 19.8 Å². The van der Waals surface area contributed by atoms with Crippen LogP contribution in [0.25, 0.3) is 0 Å². The highest BCUT2D eigenvalue weighted by molar-refractivity contribution is 6.76. The van der Waals surface area contributed by atoms with E-state index in [-0.39, 0.29) is 18.1 Å². The minimum Gasteiger partial charge on any atom is -0.369 e. The largest absolute Gasteiger partial charge is 0.369 e. The van der Waals surface area contributed by atoms with Crippen LogP contribution in [0.15, 0.2) is 18.3 Å². The Bertz CT molecular complexity index is 633. The van der Waals surface area contributed by atoms with E-state index < -0.39 is 13.5 Å². The molecule has 0 N–H and O–H groups in total. The Morgan fingerprint density at radius 2 is 2.13 bits per heavy atom. The molecule has 0 radical (unpaired) electrons. The van der Waals surface area contributed by atoms with Crippen LogP contribution in [0.3, 0.4) is 0 Å². The fourth-order valence-electron chi connectivity index (χ4n) is 3.81. The molecule has 2 aliphatic heterocycles. The van der Waals surface area contributed by atoms with Crippen LogP contribution in [0.1, 0.15) is 18.4 Å². The number of carbonyl (C=O) groups is 1. The number of epoxide rings is 1. The summed E-state index contributed by atoms with van der Waals surface area (Å²) in [6.45, 7) is 8.00. The number of anilines is 1. The summed E-state index contributed by atoms with van der Waals surface area (Å²) in [7, 11) is -1.12. The second-order valence-corrected chi connectivity index (χ2v) is 13.8. The van der Waals surface area contributed by atoms with Crippen molar-refractivity contribution in [2.45, 2.75) is 56.1 Å². The number of hydrogen-bond acceptors (Lipinski definition) is 4. The average molecular weight is 332 g/mol. The lowest BCUT2D eigenvalue weighted by atomic mass is 9.80. The normalized spacial score (nSPS) is 31.6. The molecule has 1 spiro atoms. The molecule has 2 fully saturated rings. The van der Waals surface area contributed by atoms with E-state index >= 15 is 0 Å². The van der Waals surface area contributed by atoms with Crippen LogP contribution in [0.2, 0.25) is 25.7 Å². The lowest BCUT2D eigenvalue weighted by Gasteiger charge is -2.24. The molecule has 3 heterocycles. The van der Waals surface area contributed by atoms with Gasteiger partial charge >= 0.3 is 0 Å². The number of pyridine rings is 1. The number of rotatable bonds is 5. The molecule has 1 aromatic heterocycles. The van der Waals surface area contributed by atoms with Gasteiger partial charge in [-0.15, -0.1) is 0 Å². The minimum absolute atomic E-state index is 0.148. The van der Waals surface area contributed by atoms with Crippen LogP contribution in [0, 0.1) is 0 Å². The number of fused-ring (bicyclic) bond motifs is 3. The van der Waals surface area contributed by atoms with E-state index in [0.29, 0.717) is 13.3 Å². The number of carbonyl (C=O) groups excluding carboxylic acids is 1. The maximum absolute atomic E-state index is 13.1. The van der Waals surface area contributed by atoms with Gasteiger partial charge in [0.2, 0.25) is 5.91 Å². The highest BCUT2D eigenvalue weighted by Gasteiger charge is 2.64. The first kappa shape index (κ1) is 15.3. The number of nitrogens with zero attached hydrogens (tertiary/aromatic N) is 2. The first-order valence-electron chi connectivity index (χ1n) is 8.41. The third kappa shape index (κ3) is 2.53. The molecule has 23 heavy (non-hydrogen) atoms. The molecule has 1 aromatic rings.